The van der Waals surface area contributed by atoms with E-state index in [2.05, 4.69) is 16.0 Å². The first-order valence-corrected chi connectivity index (χ1v) is 9.92. The van der Waals surface area contributed by atoms with Crippen molar-refractivity contribution >= 4 is 22.4 Å². The predicted octanol–water partition coefficient (Wildman–Crippen LogP) is 4.52. The molecule has 0 bridgehead atoms. The average Bonchev–Trinajstić information content (AvgIpc) is 2.79. The number of fused-ring (bicyclic) bond motifs is 1. The highest BCUT2D eigenvalue weighted by atomic mass is 19.1. The summed E-state index contributed by atoms with van der Waals surface area (Å²) in [5, 5.41) is 0.962. The number of aromatic nitrogens is 2. The Kier molecular flexibility index (Phi) is 4.77. The van der Waals surface area contributed by atoms with Crippen LogP contribution in [0.25, 0.3) is 33.2 Å². The maximum absolute atomic E-state index is 15.0. The van der Waals surface area contributed by atoms with E-state index >= 15 is 0 Å². The van der Waals surface area contributed by atoms with Crippen molar-refractivity contribution < 1.29 is 9.13 Å². The Labute approximate surface area is 173 Å². The average molecular weight is 400 g/mol. The molecule has 30 heavy (non-hydrogen) atoms. The van der Waals surface area contributed by atoms with E-state index < -0.39 is 0 Å². The number of pyridine rings is 2. The van der Waals surface area contributed by atoms with Gasteiger partial charge in [-0.15, -0.1) is 0 Å². The van der Waals surface area contributed by atoms with Crippen LogP contribution in [0.3, 0.4) is 0 Å². The molecule has 0 radical (unpaired) electrons. The zero-order chi connectivity index (χ0) is 20.5. The van der Waals surface area contributed by atoms with Gasteiger partial charge in [-0.2, -0.15) is 0 Å². The number of nitrogens with two attached hydrogens (primary N) is 1. The topological polar surface area (TPSA) is 64.3 Å². The van der Waals surface area contributed by atoms with Gasteiger partial charge in [-0.05, 0) is 64.7 Å². The molecule has 3 heterocycles. The third-order valence-corrected chi connectivity index (χ3v) is 5.47. The van der Waals surface area contributed by atoms with Crippen molar-refractivity contribution in [1.82, 2.24) is 9.97 Å². The number of benzene rings is 2. The third-order valence-electron chi connectivity index (χ3n) is 5.47. The second-order valence-electron chi connectivity index (χ2n) is 7.33. The van der Waals surface area contributed by atoms with Gasteiger partial charge in [-0.25, -0.2) is 9.37 Å². The Bertz CT molecular complexity index is 1220. The van der Waals surface area contributed by atoms with Crippen LogP contribution in [0.4, 0.5) is 15.9 Å². The molecule has 1 saturated heterocycles. The van der Waals surface area contributed by atoms with Gasteiger partial charge in [0.2, 0.25) is 0 Å². The molecule has 4 aromatic rings. The highest BCUT2D eigenvalue weighted by Gasteiger charge is 2.16. The second-order valence-corrected chi connectivity index (χ2v) is 7.33. The number of anilines is 2. The van der Waals surface area contributed by atoms with Crippen molar-refractivity contribution in [1.29, 1.82) is 0 Å². The van der Waals surface area contributed by atoms with Gasteiger partial charge in [-0.3, -0.25) is 4.98 Å². The van der Waals surface area contributed by atoms with E-state index in [9.17, 15) is 4.39 Å². The van der Waals surface area contributed by atoms with Crippen LogP contribution in [0.5, 0.6) is 0 Å². The fraction of sp³-hybridized carbons (Fsp3) is 0.167. The van der Waals surface area contributed by atoms with E-state index in [4.69, 9.17) is 10.5 Å². The summed E-state index contributed by atoms with van der Waals surface area (Å²) < 4.78 is 20.4. The monoisotopic (exact) mass is 400 g/mol. The van der Waals surface area contributed by atoms with E-state index in [0.29, 0.717) is 37.8 Å². The van der Waals surface area contributed by atoms with Gasteiger partial charge in [0, 0.05) is 30.9 Å². The fourth-order valence-corrected chi connectivity index (χ4v) is 3.94. The molecule has 0 aliphatic carbocycles. The quantitative estimate of drug-likeness (QED) is 0.548. The summed E-state index contributed by atoms with van der Waals surface area (Å²) >= 11 is 0. The number of rotatable bonds is 3. The van der Waals surface area contributed by atoms with Crippen molar-refractivity contribution in [2.75, 3.05) is 36.9 Å². The second kappa shape index (κ2) is 7.72. The minimum atomic E-state index is -0.225. The highest BCUT2D eigenvalue weighted by molar-refractivity contribution is 5.97. The van der Waals surface area contributed by atoms with Gasteiger partial charge in [-0.1, -0.05) is 12.1 Å². The van der Waals surface area contributed by atoms with Crippen LogP contribution in [0.1, 0.15) is 0 Å². The molecule has 2 aromatic carbocycles. The van der Waals surface area contributed by atoms with Gasteiger partial charge in [0.25, 0.3) is 0 Å². The van der Waals surface area contributed by atoms with Crippen molar-refractivity contribution in [2.24, 2.45) is 0 Å². The van der Waals surface area contributed by atoms with Crippen LogP contribution in [0.15, 0.2) is 67.0 Å². The number of nitrogen functional groups attached to an aromatic ring is 1. The lowest BCUT2D eigenvalue weighted by Crippen LogP contribution is -2.36. The summed E-state index contributed by atoms with van der Waals surface area (Å²) in [5.41, 5.74) is 11.1. The number of hydrogen-bond acceptors (Lipinski definition) is 5. The largest absolute Gasteiger partial charge is 0.384 e. The number of halogens is 1. The first kappa shape index (κ1) is 18.5. The van der Waals surface area contributed by atoms with Crippen molar-refractivity contribution in [3.05, 3.63) is 72.8 Å². The van der Waals surface area contributed by atoms with Crippen LogP contribution < -0.4 is 10.6 Å². The van der Waals surface area contributed by atoms with E-state index in [1.54, 1.807) is 18.5 Å². The highest BCUT2D eigenvalue weighted by Crippen LogP contribution is 2.33. The third kappa shape index (κ3) is 3.46. The maximum Gasteiger partial charge on any atom is 0.147 e. The Morgan fingerprint density at radius 3 is 2.40 bits per heavy atom. The summed E-state index contributed by atoms with van der Waals surface area (Å²) in [6.07, 6.45) is 3.45. The van der Waals surface area contributed by atoms with Crippen LogP contribution in [-0.4, -0.2) is 36.3 Å². The minimum Gasteiger partial charge on any atom is -0.384 e. The molecule has 0 saturated carbocycles. The smallest absolute Gasteiger partial charge is 0.147 e. The summed E-state index contributed by atoms with van der Waals surface area (Å²) in [4.78, 5) is 10.6. The minimum absolute atomic E-state index is 0.225. The Hall–Kier alpha value is -3.51. The van der Waals surface area contributed by atoms with Crippen molar-refractivity contribution in [3.63, 3.8) is 0 Å². The zero-order valence-corrected chi connectivity index (χ0v) is 16.4. The lowest BCUT2D eigenvalue weighted by atomic mass is 9.97. The van der Waals surface area contributed by atoms with E-state index in [1.807, 2.05) is 47.4 Å². The van der Waals surface area contributed by atoms with Crippen LogP contribution in [0.2, 0.25) is 0 Å². The summed E-state index contributed by atoms with van der Waals surface area (Å²) in [6, 6.07) is 17.2. The van der Waals surface area contributed by atoms with Crippen LogP contribution in [-0.2, 0) is 4.74 Å². The molecular weight excluding hydrogens is 379 g/mol. The maximum atomic E-state index is 15.0. The molecular formula is C24H21FN4O. The molecule has 1 aliphatic heterocycles. The van der Waals surface area contributed by atoms with Crippen LogP contribution >= 0.6 is 0 Å². The van der Waals surface area contributed by atoms with Gasteiger partial charge >= 0.3 is 0 Å². The Morgan fingerprint density at radius 2 is 1.60 bits per heavy atom. The number of hydrogen-bond donors (Lipinski definition) is 1. The lowest BCUT2D eigenvalue weighted by molar-refractivity contribution is 0.122. The van der Waals surface area contributed by atoms with E-state index in [-0.39, 0.29) is 5.82 Å². The SMILES string of the molecule is Nc1cc(-c2ccc3nccc(-c4ccc(N5CCOCC5)c(F)c4)c3c2)ccn1. The first-order chi connectivity index (χ1) is 14.7. The molecule has 2 N–H and O–H groups in total. The molecule has 0 atom stereocenters. The fourth-order valence-electron chi connectivity index (χ4n) is 3.94. The molecule has 1 fully saturated rings. The van der Waals surface area contributed by atoms with Crippen LogP contribution in [0, 0.1) is 5.82 Å². The van der Waals surface area contributed by atoms with E-state index in [1.165, 1.54) is 0 Å². The zero-order valence-electron chi connectivity index (χ0n) is 16.4. The summed E-state index contributed by atoms with van der Waals surface area (Å²) in [5.74, 6) is 0.247. The molecule has 5 nitrogen and oxygen atoms in total. The molecule has 150 valence electrons. The molecule has 5 rings (SSSR count). The lowest BCUT2D eigenvalue weighted by Gasteiger charge is -2.29. The predicted molar refractivity (Wildman–Crippen MR) is 118 cm³/mol. The summed E-state index contributed by atoms with van der Waals surface area (Å²) in [6.45, 7) is 2.65. The van der Waals surface area contributed by atoms with Crippen molar-refractivity contribution in [2.45, 2.75) is 0 Å². The molecule has 6 heteroatoms. The number of morpholine rings is 1. The molecule has 0 spiro atoms. The van der Waals surface area contributed by atoms with Gasteiger partial charge in [0.05, 0.1) is 24.4 Å². The van der Waals surface area contributed by atoms with Gasteiger partial charge in [0.1, 0.15) is 11.6 Å². The van der Waals surface area contributed by atoms with E-state index in [0.717, 1.165) is 33.2 Å². The van der Waals surface area contributed by atoms with Gasteiger partial charge in [0.15, 0.2) is 0 Å². The molecule has 0 amide bonds. The standard InChI is InChI=1S/C24H21FN4O/c25-21-14-18(2-4-23(21)29-9-11-30-12-10-29)19-6-8-27-22-3-1-16(13-20(19)22)17-5-7-28-24(26)15-17/h1-8,13-15H,9-12H2,(H2,26,28). The van der Waals surface area contributed by atoms with Gasteiger partial charge < -0.3 is 15.4 Å². The first-order valence-electron chi connectivity index (χ1n) is 9.92. The number of nitrogens with zero attached hydrogens (tertiary/aromatic N) is 3. The normalized spacial score (nSPS) is 14.2. The molecule has 2 aromatic heterocycles. The molecule has 0 unspecified atom stereocenters. The Balaban J connectivity index is 1.58. The molecule has 1 aliphatic rings. The summed E-state index contributed by atoms with van der Waals surface area (Å²) in [7, 11) is 0. The number of ether oxygens (including phenoxy) is 1. The Morgan fingerprint density at radius 1 is 0.833 bits per heavy atom. The van der Waals surface area contributed by atoms with Crippen molar-refractivity contribution in [3.8, 4) is 22.3 Å².